The van der Waals surface area contributed by atoms with Crippen molar-refractivity contribution < 1.29 is 0 Å². The molecule has 0 amide bonds. The van der Waals surface area contributed by atoms with Gasteiger partial charge in [-0.2, -0.15) is 5.26 Å². The van der Waals surface area contributed by atoms with Crippen LogP contribution in [0.4, 0.5) is 0 Å². The smallest absolute Gasteiger partial charge is 0.0994 e. The predicted molar refractivity (Wildman–Crippen MR) is 76.6 cm³/mol. The van der Waals surface area contributed by atoms with Gasteiger partial charge in [0.1, 0.15) is 0 Å². The number of rotatable bonds is 3. The Kier molecular flexibility index (Phi) is 4.07. The third-order valence-corrected chi connectivity index (χ3v) is 4.07. The van der Waals surface area contributed by atoms with Crippen LogP contribution in [0.2, 0.25) is 0 Å². The number of hydrogen-bond acceptors (Lipinski definition) is 2. The zero-order valence-electron chi connectivity index (χ0n) is 10.6. The largest absolute Gasteiger partial charge is 0.192 e. The maximum absolute atomic E-state index is 9.06. The van der Waals surface area contributed by atoms with Crippen LogP contribution in [-0.4, -0.2) is 0 Å². The van der Waals surface area contributed by atoms with E-state index in [-0.39, 0.29) is 0 Å². The minimum Gasteiger partial charge on any atom is -0.192 e. The zero-order valence-corrected chi connectivity index (χ0v) is 11.4. The predicted octanol–water partition coefficient (Wildman–Crippen LogP) is 4.47. The Labute approximate surface area is 112 Å². The van der Waals surface area contributed by atoms with Gasteiger partial charge in [-0.3, -0.25) is 0 Å². The van der Waals surface area contributed by atoms with Crippen molar-refractivity contribution in [2.75, 3.05) is 0 Å². The minimum absolute atomic E-state index is 0.773. The maximum atomic E-state index is 9.06. The fraction of sp³-hybridized carbons (Fsp3) is 0.188. The SMILES string of the molecule is Cc1ccc(C)c(SCc2ccccc2C#N)c1. The molecule has 0 N–H and O–H groups in total. The number of hydrogen-bond donors (Lipinski definition) is 0. The average Bonchev–Trinajstić information content (AvgIpc) is 2.40. The minimum atomic E-state index is 0.773. The summed E-state index contributed by atoms with van der Waals surface area (Å²) in [6.45, 7) is 4.23. The van der Waals surface area contributed by atoms with Gasteiger partial charge in [0.25, 0.3) is 0 Å². The Morgan fingerprint density at radius 3 is 2.67 bits per heavy atom. The van der Waals surface area contributed by atoms with Gasteiger partial charge in [-0.15, -0.1) is 11.8 Å². The normalized spacial score (nSPS) is 10.1. The second kappa shape index (κ2) is 5.75. The Bertz CT molecular complexity index is 596. The first-order valence-corrected chi connectivity index (χ1v) is 6.87. The average molecular weight is 253 g/mol. The van der Waals surface area contributed by atoms with E-state index in [9.17, 15) is 0 Å². The summed E-state index contributed by atoms with van der Waals surface area (Å²) in [4.78, 5) is 1.29. The molecular formula is C16H15NS. The summed E-state index contributed by atoms with van der Waals surface area (Å²) in [5.74, 6) is 0.841. The Morgan fingerprint density at radius 1 is 1.11 bits per heavy atom. The van der Waals surface area contributed by atoms with Crippen molar-refractivity contribution in [2.24, 2.45) is 0 Å². The molecule has 0 fully saturated rings. The van der Waals surface area contributed by atoms with Gasteiger partial charge in [0.2, 0.25) is 0 Å². The molecular weight excluding hydrogens is 238 g/mol. The van der Waals surface area contributed by atoms with Gasteiger partial charge in [-0.25, -0.2) is 0 Å². The summed E-state index contributed by atoms with van der Waals surface area (Å²) < 4.78 is 0. The fourth-order valence-corrected chi connectivity index (χ4v) is 2.90. The van der Waals surface area contributed by atoms with E-state index in [4.69, 9.17) is 5.26 Å². The van der Waals surface area contributed by atoms with Crippen LogP contribution in [0.1, 0.15) is 22.3 Å². The van der Waals surface area contributed by atoms with E-state index in [1.54, 1.807) is 11.8 Å². The molecule has 2 heteroatoms. The lowest BCUT2D eigenvalue weighted by Gasteiger charge is -2.07. The van der Waals surface area contributed by atoms with Crippen LogP contribution < -0.4 is 0 Å². The summed E-state index contributed by atoms with van der Waals surface area (Å²) in [7, 11) is 0. The van der Waals surface area contributed by atoms with Crippen LogP contribution in [0.3, 0.4) is 0 Å². The van der Waals surface area contributed by atoms with Crippen LogP contribution >= 0.6 is 11.8 Å². The Morgan fingerprint density at radius 2 is 1.89 bits per heavy atom. The van der Waals surface area contributed by atoms with Crippen molar-refractivity contribution in [3.8, 4) is 6.07 Å². The molecule has 2 aromatic rings. The quantitative estimate of drug-likeness (QED) is 0.754. The lowest BCUT2D eigenvalue weighted by atomic mass is 10.1. The monoisotopic (exact) mass is 253 g/mol. The first kappa shape index (κ1) is 12.7. The number of benzene rings is 2. The molecule has 0 aliphatic heterocycles. The second-order valence-electron chi connectivity index (χ2n) is 4.33. The molecule has 0 spiro atoms. The van der Waals surface area contributed by atoms with Crippen molar-refractivity contribution in [3.05, 3.63) is 64.7 Å². The van der Waals surface area contributed by atoms with Gasteiger partial charge in [0.05, 0.1) is 11.6 Å². The molecule has 0 radical (unpaired) electrons. The third kappa shape index (κ3) is 2.94. The number of aryl methyl sites for hydroxylation is 2. The third-order valence-electron chi connectivity index (χ3n) is 2.86. The standard InChI is InChI=1S/C16H15NS/c1-12-7-8-13(2)16(9-12)18-11-15-6-4-3-5-14(15)10-17/h3-9H,11H2,1-2H3. The van der Waals surface area contributed by atoms with E-state index in [0.29, 0.717) is 0 Å². The molecule has 2 aromatic carbocycles. The molecule has 0 atom stereocenters. The van der Waals surface area contributed by atoms with E-state index in [2.05, 4.69) is 38.1 Å². The highest BCUT2D eigenvalue weighted by Gasteiger charge is 2.04. The zero-order chi connectivity index (χ0) is 13.0. The van der Waals surface area contributed by atoms with Gasteiger partial charge in [-0.05, 0) is 37.1 Å². The van der Waals surface area contributed by atoms with Crippen molar-refractivity contribution in [1.29, 1.82) is 5.26 Å². The molecule has 2 rings (SSSR count). The summed E-state index contributed by atoms with van der Waals surface area (Å²) in [6.07, 6.45) is 0. The van der Waals surface area contributed by atoms with Crippen molar-refractivity contribution in [1.82, 2.24) is 0 Å². The van der Waals surface area contributed by atoms with Crippen LogP contribution in [0.15, 0.2) is 47.4 Å². The summed E-state index contributed by atoms with van der Waals surface area (Å²) in [5, 5.41) is 9.06. The summed E-state index contributed by atoms with van der Waals surface area (Å²) in [6, 6.07) is 16.5. The van der Waals surface area contributed by atoms with Crippen molar-refractivity contribution in [3.63, 3.8) is 0 Å². The fourth-order valence-electron chi connectivity index (χ4n) is 1.77. The van der Waals surface area contributed by atoms with E-state index in [1.807, 2.05) is 24.3 Å². The summed E-state index contributed by atoms with van der Waals surface area (Å²) in [5.41, 5.74) is 4.44. The van der Waals surface area contributed by atoms with Crippen molar-refractivity contribution >= 4 is 11.8 Å². The number of nitriles is 1. The molecule has 1 nitrogen and oxygen atoms in total. The van der Waals surface area contributed by atoms with Gasteiger partial charge in [-0.1, -0.05) is 35.9 Å². The first-order valence-electron chi connectivity index (χ1n) is 5.89. The van der Waals surface area contributed by atoms with Crippen LogP contribution in [0, 0.1) is 25.2 Å². The van der Waals surface area contributed by atoms with Crippen LogP contribution in [0.25, 0.3) is 0 Å². The second-order valence-corrected chi connectivity index (χ2v) is 5.34. The van der Waals surface area contributed by atoms with Gasteiger partial charge in [0.15, 0.2) is 0 Å². The van der Waals surface area contributed by atoms with E-state index >= 15 is 0 Å². The molecule has 0 aliphatic carbocycles. The van der Waals surface area contributed by atoms with Crippen LogP contribution in [0.5, 0.6) is 0 Å². The molecule has 0 saturated carbocycles. The highest BCUT2D eigenvalue weighted by atomic mass is 32.2. The van der Waals surface area contributed by atoms with E-state index < -0.39 is 0 Å². The number of thioether (sulfide) groups is 1. The topological polar surface area (TPSA) is 23.8 Å². The molecule has 0 aliphatic rings. The van der Waals surface area contributed by atoms with Gasteiger partial charge in [0, 0.05) is 10.6 Å². The molecule has 90 valence electrons. The van der Waals surface area contributed by atoms with E-state index in [1.165, 1.54) is 16.0 Å². The molecule has 0 heterocycles. The van der Waals surface area contributed by atoms with Crippen molar-refractivity contribution in [2.45, 2.75) is 24.5 Å². The maximum Gasteiger partial charge on any atom is 0.0994 e. The lowest BCUT2D eigenvalue weighted by Crippen LogP contribution is -1.88. The summed E-state index contributed by atoms with van der Waals surface area (Å²) >= 11 is 1.79. The molecule has 0 aromatic heterocycles. The number of nitrogens with zero attached hydrogens (tertiary/aromatic N) is 1. The highest BCUT2D eigenvalue weighted by molar-refractivity contribution is 7.98. The van der Waals surface area contributed by atoms with Gasteiger partial charge >= 0.3 is 0 Å². The molecule has 18 heavy (non-hydrogen) atoms. The first-order chi connectivity index (χ1) is 8.70. The molecule has 0 unspecified atom stereocenters. The highest BCUT2D eigenvalue weighted by Crippen LogP contribution is 2.27. The molecule has 0 bridgehead atoms. The molecule has 0 saturated heterocycles. The van der Waals surface area contributed by atoms with E-state index in [0.717, 1.165) is 16.9 Å². The Hall–Kier alpha value is -1.72. The van der Waals surface area contributed by atoms with Crippen LogP contribution in [-0.2, 0) is 5.75 Å². The Balaban J connectivity index is 2.17. The van der Waals surface area contributed by atoms with Gasteiger partial charge < -0.3 is 0 Å². The lowest BCUT2D eigenvalue weighted by molar-refractivity contribution is 1.25.